The molecule has 0 heterocycles. The normalized spacial score (nSPS) is 11.8. The Morgan fingerprint density at radius 3 is 2.45 bits per heavy atom. The third-order valence-corrected chi connectivity index (χ3v) is 2.51. The van der Waals surface area contributed by atoms with Crippen LogP contribution in [0.3, 0.4) is 0 Å². The molecule has 8 heteroatoms. The number of carbonyl (C=O) groups is 2. The summed E-state index contributed by atoms with van der Waals surface area (Å²) in [7, 11) is 2.32. The van der Waals surface area contributed by atoms with E-state index in [0.717, 1.165) is 13.2 Å². The van der Waals surface area contributed by atoms with E-state index < -0.39 is 35.2 Å². The second-order valence-electron chi connectivity index (χ2n) is 3.75. The summed E-state index contributed by atoms with van der Waals surface area (Å²) in [6.45, 7) is -0.116. The van der Waals surface area contributed by atoms with Gasteiger partial charge in [-0.05, 0) is 6.07 Å². The lowest BCUT2D eigenvalue weighted by Crippen LogP contribution is -2.36. The molecule has 1 unspecified atom stereocenters. The van der Waals surface area contributed by atoms with Gasteiger partial charge in [0, 0.05) is 19.7 Å². The zero-order valence-electron chi connectivity index (χ0n) is 10.9. The number of hydrogen-bond acceptors (Lipinski definition) is 5. The molecule has 1 aromatic carbocycles. The largest absolute Gasteiger partial charge is 0.465 e. The van der Waals surface area contributed by atoms with Crippen LogP contribution in [0.4, 0.5) is 14.5 Å². The van der Waals surface area contributed by atoms with Crippen LogP contribution in [-0.2, 0) is 14.3 Å². The van der Waals surface area contributed by atoms with Crippen LogP contribution in [0.15, 0.2) is 12.1 Å². The third kappa shape index (κ3) is 3.49. The Balaban J connectivity index is 3.06. The van der Waals surface area contributed by atoms with Crippen LogP contribution in [0, 0.1) is 11.6 Å². The minimum Gasteiger partial charge on any atom is -0.465 e. The first-order chi connectivity index (χ1) is 9.44. The topological polar surface area (TPSA) is 90.7 Å². The predicted molar refractivity (Wildman–Crippen MR) is 66.2 cm³/mol. The van der Waals surface area contributed by atoms with Gasteiger partial charge in [-0.25, -0.2) is 13.6 Å². The number of hydrogen-bond donors (Lipinski definition) is 2. The highest BCUT2D eigenvalue weighted by atomic mass is 19.1. The summed E-state index contributed by atoms with van der Waals surface area (Å²) in [5.74, 6) is -3.82. The molecule has 0 aliphatic rings. The van der Waals surface area contributed by atoms with Crippen molar-refractivity contribution in [2.45, 2.75) is 6.10 Å². The van der Waals surface area contributed by atoms with Crippen molar-refractivity contribution in [3.63, 3.8) is 0 Å². The van der Waals surface area contributed by atoms with Crippen molar-refractivity contribution in [2.75, 3.05) is 26.1 Å². The van der Waals surface area contributed by atoms with Crippen molar-refractivity contribution < 1.29 is 27.8 Å². The second-order valence-corrected chi connectivity index (χ2v) is 3.75. The molecule has 110 valence electrons. The van der Waals surface area contributed by atoms with E-state index in [1.807, 2.05) is 0 Å². The van der Waals surface area contributed by atoms with Crippen LogP contribution in [0.2, 0.25) is 0 Å². The predicted octanol–water partition coefficient (Wildman–Crippen LogP) is 0.664. The third-order valence-electron chi connectivity index (χ3n) is 2.51. The fourth-order valence-electron chi connectivity index (χ4n) is 1.43. The summed E-state index contributed by atoms with van der Waals surface area (Å²) in [5.41, 5.74) is 4.42. The van der Waals surface area contributed by atoms with E-state index >= 15 is 0 Å². The number of anilines is 1. The van der Waals surface area contributed by atoms with Crippen molar-refractivity contribution in [1.29, 1.82) is 0 Å². The molecule has 1 atom stereocenters. The highest BCUT2D eigenvalue weighted by Gasteiger charge is 2.21. The van der Waals surface area contributed by atoms with Gasteiger partial charge in [0.25, 0.3) is 5.91 Å². The number of ether oxygens (including phenoxy) is 2. The molecule has 0 aliphatic carbocycles. The monoisotopic (exact) mass is 288 g/mol. The van der Waals surface area contributed by atoms with Gasteiger partial charge in [0.15, 0.2) is 0 Å². The molecule has 3 N–H and O–H groups in total. The Hall–Kier alpha value is -2.06. The van der Waals surface area contributed by atoms with Gasteiger partial charge in [0.05, 0.1) is 18.4 Å². The van der Waals surface area contributed by atoms with Gasteiger partial charge in [-0.3, -0.25) is 4.79 Å². The summed E-state index contributed by atoms with van der Waals surface area (Å²) in [5, 5.41) is 2.17. The minimum absolute atomic E-state index is 0.116. The first-order valence-corrected chi connectivity index (χ1v) is 5.55. The van der Waals surface area contributed by atoms with Crippen LogP contribution in [-0.4, -0.2) is 38.7 Å². The van der Waals surface area contributed by atoms with Gasteiger partial charge in [0.2, 0.25) is 0 Å². The highest BCUT2D eigenvalue weighted by molar-refractivity contribution is 5.96. The average molecular weight is 288 g/mol. The molecule has 0 fully saturated rings. The number of esters is 1. The van der Waals surface area contributed by atoms with Gasteiger partial charge in [-0.2, -0.15) is 0 Å². The molecule has 1 aromatic rings. The van der Waals surface area contributed by atoms with Crippen molar-refractivity contribution in [3.05, 3.63) is 29.3 Å². The standard InChI is InChI=1S/C12H14F2N2O4/c1-19-10(5-15)11(17)16-9-3-6(12(18)20-2)7(13)4-8(9)14/h3-4,10H,5,15H2,1-2H3,(H,16,17). The second kappa shape index (κ2) is 6.92. The number of nitrogens with two attached hydrogens (primary N) is 1. The number of rotatable bonds is 5. The van der Waals surface area contributed by atoms with E-state index in [1.165, 1.54) is 7.11 Å². The van der Waals surface area contributed by atoms with E-state index in [4.69, 9.17) is 10.5 Å². The number of benzene rings is 1. The molecule has 0 saturated carbocycles. The van der Waals surface area contributed by atoms with E-state index in [2.05, 4.69) is 10.1 Å². The van der Waals surface area contributed by atoms with E-state index in [0.29, 0.717) is 6.07 Å². The summed E-state index contributed by atoms with van der Waals surface area (Å²) >= 11 is 0. The highest BCUT2D eigenvalue weighted by Crippen LogP contribution is 2.20. The number of halogens is 2. The summed E-state index contributed by atoms with van der Waals surface area (Å²) < 4.78 is 36.1. The zero-order valence-corrected chi connectivity index (χ0v) is 10.9. The molecule has 1 amide bonds. The molecule has 1 rings (SSSR count). The molecule has 0 spiro atoms. The summed E-state index contributed by atoms with van der Waals surface area (Å²) in [6, 6.07) is 1.32. The molecule has 0 bridgehead atoms. The van der Waals surface area contributed by atoms with Crippen molar-refractivity contribution in [3.8, 4) is 0 Å². The van der Waals surface area contributed by atoms with Crippen LogP contribution >= 0.6 is 0 Å². The van der Waals surface area contributed by atoms with Crippen LogP contribution < -0.4 is 11.1 Å². The SMILES string of the molecule is COC(=O)c1cc(NC(=O)C(CN)OC)c(F)cc1F. The lowest BCUT2D eigenvalue weighted by atomic mass is 10.1. The van der Waals surface area contributed by atoms with Gasteiger partial charge in [-0.1, -0.05) is 0 Å². The van der Waals surface area contributed by atoms with Gasteiger partial charge in [-0.15, -0.1) is 0 Å². The van der Waals surface area contributed by atoms with Crippen molar-refractivity contribution in [2.24, 2.45) is 5.73 Å². The molecule has 20 heavy (non-hydrogen) atoms. The van der Waals surface area contributed by atoms with Crippen LogP contribution in [0.1, 0.15) is 10.4 Å². The van der Waals surface area contributed by atoms with Crippen LogP contribution in [0.25, 0.3) is 0 Å². The molecule has 0 aliphatic heterocycles. The Morgan fingerprint density at radius 2 is 1.95 bits per heavy atom. The van der Waals surface area contributed by atoms with Gasteiger partial charge < -0.3 is 20.5 Å². The number of amides is 1. The molecule has 0 radical (unpaired) electrons. The van der Waals surface area contributed by atoms with Gasteiger partial charge in [0.1, 0.15) is 17.7 Å². The molecular formula is C12H14F2N2O4. The van der Waals surface area contributed by atoms with E-state index in [9.17, 15) is 18.4 Å². The Bertz CT molecular complexity index is 518. The van der Waals surface area contributed by atoms with E-state index in [-0.39, 0.29) is 12.2 Å². The fourth-order valence-corrected chi connectivity index (χ4v) is 1.43. The minimum atomic E-state index is -1.09. The van der Waals surface area contributed by atoms with Crippen molar-refractivity contribution >= 4 is 17.6 Å². The number of nitrogens with one attached hydrogen (secondary N) is 1. The maximum Gasteiger partial charge on any atom is 0.340 e. The van der Waals surface area contributed by atoms with E-state index in [1.54, 1.807) is 0 Å². The first kappa shape index (κ1) is 16.0. The first-order valence-electron chi connectivity index (χ1n) is 5.55. The van der Waals surface area contributed by atoms with Crippen molar-refractivity contribution in [1.82, 2.24) is 0 Å². The molecule has 0 aromatic heterocycles. The molecular weight excluding hydrogens is 274 g/mol. The summed E-state index contributed by atoms with van der Waals surface area (Å²) in [4.78, 5) is 23.0. The number of carbonyl (C=O) groups excluding carboxylic acids is 2. The summed E-state index contributed by atoms with van der Waals surface area (Å²) in [6.07, 6.45) is -0.985. The maximum atomic E-state index is 13.6. The number of methoxy groups -OCH3 is 2. The smallest absolute Gasteiger partial charge is 0.340 e. The lowest BCUT2D eigenvalue weighted by Gasteiger charge is -2.14. The average Bonchev–Trinajstić information content (AvgIpc) is 2.42. The fraction of sp³-hybridized carbons (Fsp3) is 0.333. The lowest BCUT2D eigenvalue weighted by molar-refractivity contribution is -0.125. The molecule has 0 saturated heterocycles. The Morgan fingerprint density at radius 1 is 1.30 bits per heavy atom. The van der Waals surface area contributed by atoms with Crippen LogP contribution in [0.5, 0.6) is 0 Å². The van der Waals surface area contributed by atoms with Gasteiger partial charge >= 0.3 is 5.97 Å². The molecule has 6 nitrogen and oxygen atoms in total. The quantitative estimate of drug-likeness (QED) is 0.777. The maximum absolute atomic E-state index is 13.6. The Kier molecular flexibility index (Phi) is 5.53. The zero-order chi connectivity index (χ0) is 15.3. The Labute approximate surface area is 113 Å².